The van der Waals surface area contributed by atoms with Crippen LogP contribution >= 0.6 is 23.2 Å². The van der Waals surface area contributed by atoms with Gasteiger partial charge in [-0.15, -0.1) is 0 Å². The van der Waals surface area contributed by atoms with Crippen molar-refractivity contribution in [3.8, 4) is 17.0 Å². The number of aromatic nitrogens is 2. The minimum absolute atomic E-state index is 0.132. The highest BCUT2D eigenvalue weighted by Gasteiger charge is 2.21. The van der Waals surface area contributed by atoms with E-state index in [1.165, 1.54) is 7.11 Å². The summed E-state index contributed by atoms with van der Waals surface area (Å²) in [7, 11) is -2.14. The van der Waals surface area contributed by atoms with E-state index in [0.717, 1.165) is 6.26 Å². The van der Waals surface area contributed by atoms with E-state index in [1.807, 2.05) is 0 Å². The first kappa shape index (κ1) is 16.0. The van der Waals surface area contributed by atoms with Gasteiger partial charge in [-0.2, -0.15) is 4.98 Å². The number of sulfone groups is 1. The second kappa shape index (κ2) is 5.79. The maximum atomic E-state index is 11.6. The minimum Gasteiger partial charge on any atom is -0.480 e. The van der Waals surface area contributed by atoms with E-state index in [0.29, 0.717) is 26.9 Å². The highest BCUT2D eigenvalue weighted by atomic mass is 35.5. The van der Waals surface area contributed by atoms with Gasteiger partial charge in [0, 0.05) is 11.8 Å². The van der Waals surface area contributed by atoms with Crippen LogP contribution in [0.5, 0.6) is 5.88 Å². The van der Waals surface area contributed by atoms with Gasteiger partial charge < -0.3 is 4.74 Å². The second-order valence-electron chi connectivity index (χ2n) is 4.35. The lowest BCUT2D eigenvalue weighted by molar-refractivity contribution is 0.392. The van der Waals surface area contributed by atoms with E-state index < -0.39 is 9.84 Å². The van der Waals surface area contributed by atoms with E-state index in [2.05, 4.69) is 9.97 Å². The smallest absolute Gasteiger partial charge is 0.250 e. The zero-order valence-corrected chi connectivity index (χ0v) is 13.8. The first-order valence-electron chi connectivity index (χ1n) is 5.82. The Morgan fingerprint density at radius 1 is 1.19 bits per heavy atom. The molecule has 0 saturated carbocycles. The largest absolute Gasteiger partial charge is 0.480 e. The van der Waals surface area contributed by atoms with E-state index in [1.54, 1.807) is 25.1 Å². The molecule has 21 heavy (non-hydrogen) atoms. The van der Waals surface area contributed by atoms with Gasteiger partial charge in [-0.25, -0.2) is 13.4 Å². The Kier molecular flexibility index (Phi) is 4.41. The van der Waals surface area contributed by atoms with Crippen LogP contribution in [0.25, 0.3) is 11.1 Å². The van der Waals surface area contributed by atoms with Gasteiger partial charge in [0.1, 0.15) is 0 Å². The number of ether oxygens (including phenoxy) is 1. The molecule has 1 aromatic heterocycles. The van der Waals surface area contributed by atoms with Crippen LogP contribution in [-0.2, 0) is 9.84 Å². The maximum absolute atomic E-state index is 11.6. The van der Waals surface area contributed by atoms with Crippen LogP contribution in [0.1, 0.15) is 5.69 Å². The number of benzene rings is 1. The molecule has 0 saturated heterocycles. The molecule has 2 rings (SSSR count). The Bertz CT molecular complexity index is 807. The molecular weight excluding hydrogens is 335 g/mol. The van der Waals surface area contributed by atoms with Crippen molar-refractivity contribution in [2.75, 3.05) is 13.4 Å². The number of nitrogens with zero attached hydrogens (tertiary/aromatic N) is 2. The normalized spacial score (nSPS) is 11.5. The fourth-order valence-electron chi connectivity index (χ4n) is 1.84. The van der Waals surface area contributed by atoms with Gasteiger partial charge in [-0.05, 0) is 13.0 Å². The zero-order chi connectivity index (χ0) is 15.8. The molecular formula is C13H12Cl2N2O3S. The van der Waals surface area contributed by atoms with Crippen LogP contribution in [0.15, 0.2) is 23.4 Å². The lowest BCUT2D eigenvalue weighted by Crippen LogP contribution is -2.08. The third-order valence-corrected chi connectivity index (χ3v) is 4.45. The highest BCUT2D eigenvalue weighted by molar-refractivity contribution is 7.90. The number of methoxy groups -OCH3 is 1. The first-order valence-corrected chi connectivity index (χ1v) is 8.47. The molecule has 112 valence electrons. The van der Waals surface area contributed by atoms with Gasteiger partial charge >= 0.3 is 0 Å². The SMILES string of the molecule is COc1nc(S(C)(=O)=O)nc(C)c1-c1cccc(Cl)c1Cl. The summed E-state index contributed by atoms with van der Waals surface area (Å²) >= 11 is 12.2. The lowest BCUT2D eigenvalue weighted by Gasteiger charge is -2.13. The Hall–Kier alpha value is -1.37. The first-order chi connectivity index (χ1) is 9.75. The van der Waals surface area contributed by atoms with Crippen molar-refractivity contribution in [3.63, 3.8) is 0 Å². The van der Waals surface area contributed by atoms with Crippen molar-refractivity contribution in [2.24, 2.45) is 0 Å². The molecule has 0 amide bonds. The molecule has 0 spiro atoms. The van der Waals surface area contributed by atoms with Crippen molar-refractivity contribution < 1.29 is 13.2 Å². The standard InChI is InChI=1S/C13H12Cl2N2O3S/c1-7-10(8-5-4-6-9(14)11(8)15)12(20-2)17-13(16-7)21(3,18)19/h4-6H,1-3H3. The second-order valence-corrected chi connectivity index (χ2v) is 7.04. The summed E-state index contributed by atoms with van der Waals surface area (Å²) in [6.45, 7) is 1.66. The summed E-state index contributed by atoms with van der Waals surface area (Å²) in [5.74, 6) is 0.132. The third-order valence-electron chi connectivity index (χ3n) is 2.78. The monoisotopic (exact) mass is 346 g/mol. The average Bonchev–Trinajstić information content (AvgIpc) is 2.40. The Labute approximate surface area is 132 Å². The number of hydrogen-bond acceptors (Lipinski definition) is 5. The molecule has 0 bridgehead atoms. The van der Waals surface area contributed by atoms with Gasteiger partial charge in [0.15, 0.2) is 0 Å². The molecule has 0 N–H and O–H groups in total. The van der Waals surface area contributed by atoms with Gasteiger partial charge in [0.05, 0.1) is 28.4 Å². The zero-order valence-electron chi connectivity index (χ0n) is 11.5. The van der Waals surface area contributed by atoms with Crippen molar-refractivity contribution in [2.45, 2.75) is 12.1 Å². The number of aryl methyl sites for hydroxylation is 1. The molecule has 1 heterocycles. The topological polar surface area (TPSA) is 69.2 Å². The molecule has 0 aliphatic carbocycles. The average molecular weight is 347 g/mol. The van der Waals surface area contributed by atoms with E-state index in [9.17, 15) is 8.42 Å². The fourth-order valence-corrected chi connectivity index (χ4v) is 2.79. The fraction of sp³-hybridized carbons (Fsp3) is 0.231. The van der Waals surface area contributed by atoms with Crippen LogP contribution in [0.2, 0.25) is 10.0 Å². The van der Waals surface area contributed by atoms with E-state index in [-0.39, 0.29) is 11.0 Å². The van der Waals surface area contributed by atoms with Crippen molar-refractivity contribution in [1.82, 2.24) is 9.97 Å². The lowest BCUT2D eigenvalue weighted by atomic mass is 10.1. The third kappa shape index (κ3) is 3.12. The Morgan fingerprint density at radius 2 is 1.86 bits per heavy atom. The molecule has 8 heteroatoms. The Balaban J connectivity index is 2.79. The summed E-state index contributed by atoms with van der Waals surface area (Å²) in [5.41, 5.74) is 1.53. The van der Waals surface area contributed by atoms with Crippen molar-refractivity contribution in [1.29, 1.82) is 0 Å². The minimum atomic E-state index is -3.54. The summed E-state index contributed by atoms with van der Waals surface area (Å²) < 4.78 is 28.4. The molecule has 1 aromatic carbocycles. The molecule has 0 atom stereocenters. The molecule has 0 fully saturated rings. The molecule has 0 aliphatic rings. The quantitative estimate of drug-likeness (QED) is 0.798. The van der Waals surface area contributed by atoms with E-state index >= 15 is 0 Å². The summed E-state index contributed by atoms with van der Waals surface area (Å²) in [5, 5.41) is 0.415. The van der Waals surface area contributed by atoms with Crippen LogP contribution in [0, 0.1) is 6.92 Å². The molecule has 0 unspecified atom stereocenters. The van der Waals surface area contributed by atoms with Crippen LogP contribution in [-0.4, -0.2) is 31.8 Å². The number of halogens is 2. The van der Waals surface area contributed by atoms with Crippen LogP contribution in [0.4, 0.5) is 0 Å². The summed E-state index contributed by atoms with van der Waals surface area (Å²) in [6.07, 6.45) is 1.03. The molecule has 5 nitrogen and oxygen atoms in total. The van der Waals surface area contributed by atoms with Gasteiger partial charge in [-0.1, -0.05) is 35.3 Å². The molecule has 0 aliphatic heterocycles. The van der Waals surface area contributed by atoms with Crippen LogP contribution in [0.3, 0.4) is 0 Å². The number of rotatable bonds is 3. The predicted molar refractivity (Wildman–Crippen MR) is 81.9 cm³/mol. The van der Waals surface area contributed by atoms with Crippen molar-refractivity contribution in [3.05, 3.63) is 33.9 Å². The highest BCUT2D eigenvalue weighted by Crippen LogP contribution is 2.39. The van der Waals surface area contributed by atoms with Crippen molar-refractivity contribution >= 4 is 33.0 Å². The van der Waals surface area contributed by atoms with E-state index in [4.69, 9.17) is 27.9 Å². The molecule has 0 radical (unpaired) electrons. The Morgan fingerprint density at radius 3 is 2.43 bits per heavy atom. The van der Waals surface area contributed by atoms with Gasteiger partial charge in [0.2, 0.25) is 20.9 Å². The summed E-state index contributed by atoms with van der Waals surface area (Å²) in [4.78, 5) is 7.97. The van der Waals surface area contributed by atoms with Gasteiger partial charge in [-0.3, -0.25) is 0 Å². The summed E-state index contributed by atoms with van der Waals surface area (Å²) in [6, 6.07) is 5.12. The van der Waals surface area contributed by atoms with Gasteiger partial charge in [0.25, 0.3) is 0 Å². The predicted octanol–water partition coefficient (Wildman–Crippen LogP) is 3.17. The number of hydrogen-bond donors (Lipinski definition) is 0. The molecule has 2 aromatic rings. The van der Waals surface area contributed by atoms with Crippen LogP contribution < -0.4 is 4.74 Å². The maximum Gasteiger partial charge on any atom is 0.250 e.